The van der Waals surface area contributed by atoms with E-state index in [0.717, 1.165) is 32.4 Å². The Bertz CT molecular complexity index is 487. The molecule has 1 fully saturated rings. The number of ether oxygens (including phenoxy) is 1. The first kappa shape index (κ1) is 17.2. The van der Waals surface area contributed by atoms with Gasteiger partial charge in [-0.3, -0.25) is 0 Å². The molecule has 0 radical (unpaired) electrons. The average Bonchev–Trinajstić information content (AvgIpc) is 2.37. The largest absolute Gasteiger partial charge is 0.486 e. The lowest BCUT2D eigenvalue weighted by Gasteiger charge is -2.42. The summed E-state index contributed by atoms with van der Waals surface area (Å²) in [6.45, 7) is 6.40. The topological polar surface area (TPSA) is 21.3 Å². The Morgan fingerprint density at radius 3 is 2.38 bits per heavy atom. The van der Waals surface area contributed by atoms with Crippen molar-refractivity contribution in [3.8, 4) is 5.75 Å². The third kappa shape index (κ3) is 4.66. The van der Waals surface area contributed by atoms with Crippen LogP contribution in [0.25, 0.3) is 0 Å². The summed E-state index contributed by atoms with van der Waals surface area (Å²) in [5, 5.41) is 4.92. The van der Waals surface area contributed by atoms with Gasteiger partial charge in [0.15, 0.2) is 0 Å². The van der Waals surface area contributed by atoms with Crippen molar-refractivity contribution >= 4 is 34.8 Å². The first-order valence-electron chi connectivity index (χ1n) is 7.46. The van der Waals surface area contributed by atoms with E-state index in [9.17, 15) is 0 Å². The van der Waals surface area contributed by atoms with E-state index in [1.807, 2.05) is 0 Å². The highest BCUT2D eigenvalue weighted by molar-refractivity contribution is 6.43. The molecule has 118 valence electrons. The van der Waals surface area contributed by atoms with Crippen LogP contribution in [0.5, 0.6) is 5.75 Å². The minimum absolute atomic E-state index is 0.106. The molecule has 0 aliphatic heterocycles. The molecule has 1 aliphatic rings. The van der Waals surface area contributed by atoms with Crippen LogP contribution in [0, 0.1) is 5.92 Å². The maximum atomic E-state index is 6.21. The van der Waals surface area contributed by atoms with Crippen molar-refractivity contribution in [3.05, 3.63) is 27.2 Å². The highest BCUT2D eigenvalue weighted by atomic mass is 35.5. The molecular formula is C16H22Cl3NO. The molecule has 0 aromatic heterocycles. The molecule has 1 saturated carbocycles. The quantitative estimate of drug-likeness (QED) is 0.511. The van der Waals surface area contributed by atoms with Crippen molar-refractivity contribution in [1.82, 2.24) is 5.32 Å². The lowest BCUT2D eigenvalue weighted by Crippen LogP contribution is -2.45. The summed E-state index contributed by atoms with van der Waals surface area (Å²) < 4.78 is 6.20. The molecule has 1 aliphatic carbocycles. The van der Waals surface area contributed by atoms with Gasteiger partial charge in [-0.1, -0.05) is 48.7 Å². The van der Waals surface area contributed by atoms with Crippen LogP contribution in [0.15, 0.2) is 12.1 Å². The van der Waals surface area contributed by atoms with Crippen molar-refractivity contribution in [2.75, 3.05) is 13.1 Å². The molecule has 0 unspecified atom stereocenters. The molecule has 5 heteroatoms. The van der Waals surface area contributed by atoms with Gasteiger partial charge in [0, 0.05) is 6.07 Å². The second-order valence-corrected chi connectivity index (χ2v) is 7.40. The minimum Gasteiger partial charge on any atom is -0.486 e. The molecule has 0 atom stereocenters. The number of hydrogen-bond acceptors (Lipinski definition) is 2. The fourth-order valence-corrected chi connectivity index (χ4v) is 3.07. The Morgan fingerprint density at radius 1 is 1.14 bits per heavy atom. The van der Waals surface area contributed by atoms with Gasteiger partial charge in [-0.15, -0.1) is 0 Å². The van der Waals surface area contributed by atoms with Gasteiger partial charge in [0.25, 0.3) is 0 Å². The zero-order chi connectivity index (χ0) is 15.5. The van der Waals surface area contributed by atoms with Crippen molar-refractivity contribution in [2.24, 2.45) is 5.92 Å². The second kappa shape index (κ2) is 7.41. The van der Waals surface area contributed by atoms with E-state index >= 15 is 0 Å². The van der Waals surface area contributed by atoms with Gasteiger partial charge in [0.05, 0.1) is 15.1 Å². The fraction of sp³-hybridized carbons (Fsp3) is 0.625. The maximum absolute atomic E-state index is 6.21. The summed E-state index contributed by atoms with van der Waals surface area (Å²) in [7, 11) is 0. The third-order valence-corrected chi connectivity index (χ3v) is 4.89. The average molecular weight is 351 g/mol. The van der Waals surface area contributed by atoms with Gasteiger partial charge in [-0.2, -0.15) is 0 Å². The Kier molecular flexibility index (Phi) is 6.07. The summed E-state index contributed by atoms with van der Waals surface area (Å²) in [5.41, 5.74) is -0.106. The lowest BCUT2D eigenvalue weighted by molar-refractivity contribution is -0.0142. The van der Waals surface area contributed by atoms with E-state index in [4.69, 9.17) is 39.5 Å². The Balaban J connectivity index is 1.97. The maximum Gasteiger partial charge on any atom is 0.140 e. The monoisotopic (exact) mass is 349 g/mol. The number of rotatable bonds is 7. The van der Waals surface area contributed by atoms with Gasteiger partial charge < -0.3 is 10.1 Å². The summed E-state index contributed by atoms with van der Waals surface area (Å²) in [5.74, 6) is 1.29. The SMILES string of the molecule is CC(C)CNCCC1(Oc2cc(Cl)c(Cl)cc2Cl)CCC1. The molecule has 0 bridgehead atoms. The molecule has 21 heavy (non-hydrogen) atoms. The van der Waals surface area contributed by atoms with E-state index < -0.39 is 0 Å². The van der Waals surface area contributed by atoms with E-state index in [1.54, 1.807) is 12.1 Å². The Morgan fingerprint density at radius 2 is 1.81 bits per heavy atom. The number of halogens is 3. The van der Waals surface area contributed by atoms with Crippen LogP contribution in [0.1, 0.15) is 39.5 Å². The summed E-state index contributed by atoms with van der Waals surface area (Å²) >= 11 is 18.2. The third-order valence-electron chi connectivity index (χ3n) is 3.88. The number of benzene rings is 1. The molecule has 2 rings (SSSR count). The van der Waals surface area contributed by atoms with E-state index in [-0.39, 0.29) is 5.60 Å². The Labute approximate surface area is 142 Å². The van der Waals surface area contributed by atoms with Crippen molar-refractivity contribution < 1.29 is 4.74 Å². The molecule has 0 spiro atoms. The van der Waals surface area contributed by atoms with Gasteiger partial charge in [-0.05, 0) is 50.8 Å². The molecule has 0 saturated heterocycles. The number of nitrogens with one attached hydrogen (secondary N) is 1. The zero-order valence-electron chi connectivity index (χ0n) is 12.5. The van der Waals surface area contributed by atoms with Crippen LogP contribution in [-0.2, 0) is 0 Å². The van der Waals surface area contributed by atoms with Gasteiger partial charge in [0.1, 0.15) is 11.4 Å². The van der Waals surface area contributed by atoms with Crippen LogP contribution >= 0.6 is 34.8 Å². The standard InChI is InChI=1S/C16H22Cl3NO/c1-11(2)10-20-7-6-16(4-3-5-16)21-15-9-13(18)12(17)8-14(15)19/h8-9,11,20H,3-7,10H2,1-2H3. The van der Waals surface area contributed by atoms with Gasteiger partial charge in [-0.25, -0.2) is 0 Å². The first-order chi connectivity index (χ1) is 9.92. The van der Waals surface area contributed by atoms with Crippen molar-refractivity contribution in [2.45, 2.75) is 45.1 Å². The number of hydrogen-bond donors (Lipinski definition) is 1. The minimum atomic E-state index is -0.106. The predicted molar refractivity (Wildman–Crippen MR) is 91.0 cm³/mol. The smallest absolute Gasteiger partial charge is 0.140 e. The summed E-state index contributed by atoms with van der Waals surface area (Å²) in [6.07, 6.45) is 4.30. The zero-order valence-corrected chi connectivity index (χ0v) is 14.8. The molecule has 1 aromatic rings. The highest BCUT2D eigenvalue weighted by Gasteiger charge is 2.39. The molecule has 0 amide bonds. The van der Waals surface area contributed by atoms with Crippen LogP contribution in [-0.4, -0.2) is 18.7 Å². The molecule has 1 N–H and O–H groups in total. The van der Waals surface area contributed by atoms with Gasteiger partial charge >= 0.3 is 0 Å². The molecular weight excluding hydrogens is 329 g/mol. The summed E-state index contributed by atoms with van der Waals surface area (Å²) in [6, 6.07) is 3.36. The van der Waals surface area contributed by atoms with E-state index in [1.165, 1.54) is 6.42 Å². The molecule has 0 heterocycles. The summed E-state index contributed by atoms with van der Waals surface area (Å²) in [4.78, 5) is 0. The molecule has 1 aromatic carbocycles. The van der Waals surface area contributed by atoms with Crippen LogP contribution in [0.4, 0.5) is 0 Å². The molecule has 2 nitrogen and oxygen atoms in total. The first-order valence-corrected chi connectivity index (χ1v) is 8.59. The lowest BCUT2D eigenvalue weighted by atomic mass is 9.77. The van der Waals surface area contributed by atoms with Crippen LogP contribution in [0.3, 0.4) is 0 Å². The fourth-order valence-electron chi connectivity index (χ4n) is 2.50. The van der Waals surface area contributed by atoms with E-state index in [0.29, 0.717) is 26.7 Å². The van der Waals surface area contributed by atoms with Gasteiger partial charge in [0.2, 0.25) is 0 Å². The van der Waals surface area contributed by atoms with E-state index in [2.05, 4.69) is 19.2 Å². The highest BCUT2D eigenvalue weighted by Crippen LogP contribution is 2.43. The second-order valence-electron chi connectivity index (χ2n) is 6.18. The Hall–Kier alpha value is -0.150. The van der Waals surface area contributed by atoms with Crippen molar-refractivity contribution in [1.29, 1.82) is 0 Å². The predicted octanol–water partition coefficient (Wildman–Crippen LogP) is 5.58. The van der Waals surface area contributed by atoms with Crippen LogP contribution in [0.2, 0.25) is 15.1 Å². The van der Waals surface area contributed by atoms with Crippen LogP contribution < -0.4 is 10.1 Å². The van der Waals surface area contributed by atoms with Crippen molar-refractivity contribution in [3.63, 3.8) is 0 Å². The normalized spacial score (nSPS) is 16.9.